The normalized spacial score (nSPS) is 24.4. The molecule has 0 aromatic carbocycles. The zero-order valence-corrected chi connectivity index (χ0v) is 9.96. The molecule has 1 atom stereocenters. The molecule has 2 nitrogen and oxygen atoms in total. The minimum atomic E-state index is 0.385. The highest BCUT2D eigenvalue weighted by molar-refractivity contribution is 4.69. The number of piperidine rings is 1. The molecule has 0 spiro atoms. The van der Waals surface area contributed by atoms with Gasteiger partial charge in [-0.3, -0.25) is 0 Å². The molecule has 84 valence electrons. The van der Waals surface area contributed by atoms with Crippen LogP contribution in [0, 0.1) is 5.92 Å². The Morgan fingerprint density at radius 3 is 2.86 bits per heavy atom. The van der Waals surface area contributed by atoms with Crippen molar-refractivity contribution in [3.05, 3.63) is 0 Å². The summed E-state index contributed by atoms with van der Waals surface area (Å²) in [6, 6.07) is 0. The lowest BCUT2D eigenvalue weighted by atomic mass is 10.0. The van der Waals surface area contributed by atoms with Crippen LogP contribution in [0.2, 0.25) is 0 Å². The van der Waals surface area contributed by atoms with Gasteiger partial charge in [-0.05, 0) is 45.6 Å². The van der Waals surface area contributed by atoms with Crippen LogP contribution in [-0.4, -0.2) is 37.2 Å². The van der Waals surface area contributed by atoms with Crippen LogP contribution in [-0.2, 0) is 4.74 Å². The highest BCUT2D eigenvalue weighted by atomic mass is 16.5. The summed E-state index contributed by atoms with van der Waals surface area (Å²) in [5.74, 6) is 0.898. The van der Waals surface area contributed by atoms with E-state index in [-0.39, 0.29) is 0 Å². The predicted molar refractivity (Wildman–Crippen MR) is 60.5 cm³/mol. The van der Waals surface area contributed by atoms with E-state index in [0.29, 0.717) is 6.10 Å². The smallest absolute Gasteiger partial charge is 0.0518 e. The summed E-state index contributed by atoms with van der Waals surface area (Å²) in [5.41, 5.74) is 0. The second kappa shape index (κ2) is 6.41. The molecule has 1 fully saturated rings. The summed E-state index contributed by atoms with van der Waals surface area (Å²) in [6.07, 6.45) is 4.37. The SMILES string of the molecule is CC1CCCN(CCCOC(C)C)C1. The molecular weight excluding hydrogens is 174 g/mol. The Hall–Kier alpha value is -0.0800. The second-order valence-corrected chi connectivity index (χ2v) is 4.82. The van der Waals surface area contributed by atoms with Crippen LogP contribution in [0.4, 0.5) is 0 Å². The Labute approximate surface area is 88.6 Å². The fourth-order valence-corrected chi connectivity index (χ4v) is 2.10. The van der Waals surface area contributed by atoms with Gasteiger partial charge in [0.05, 0.1) is 6.10 Å². The maximum atomic E-state index is 5.53. The Balaban J connectivity index is 2.00. The molecule has 0 aliphatic carbocycles. The van der Waals surface area contributed by atoms with E-state index in [4.69, 9.17) is 4.74 Å². The van der Waals surface area contributed by atoms with Gasteiger partial charge >= 0.3 is 0 Å². The summed E-state index contributed by atoms with van der Waals surface area (Å²) in [7, 11) is 0. The molecule has 0 aromatic rings. The van der Waals surface area contributed by atoms with E-state index >= 15 is 0 Å². The lowest BCUT2D eigenvalue weighted by molar-refractivity contribution is 0.0668. The van der Waals surface area contributed by atoms with Gasteiger partial charge < -0.3 is 9.64 Å². The molecule has 1 saturated heterocycles. The van der Waals surface area contributed by atoms with Gasteiger partial charge in [-0.1, -0.05) is 6.92 Å². The number of hydrogen-bond donors (Lipinski definition) is 0. The first-order chi connectivity index (χ1) is 6.68. The molecule has 0 amide bonds. The van der Waals surface area contributed by atoms with Crippen LogP contribution in [0.25, 0.3) is 0 Å². The van der Waals surface area contributed by atoms with Crippen LogP contribution in [0.3, 0.4) is 0 Å². The van der Waals surface area contributed by atoms with Gasteiger partial charge in [0.25, 0.3) is 0 Å². The standard InChI is InChI=1S/C12H25NO/c1-11(2)14-9-5-8-13-7-4-6-12(3)10-13/h11-12H,4-10H2,1-3H3. The van der Waals surface area contributed by atoms with Gasteiger partial charge in [0.15, 0.2) is 0 Å². The van der Waals surface area contributed by atoms with E-state index in [9.17, 15) is 0 Å². The van der Waals surface area contributed by atoms with Crippen LogP contribution < -0.4 is 0 Å². The van der Waals surface area contributed by atoms with Crippen molar-refractivity contribution in [2.24, 2.45) is 5.92 Å². The van der Waals surface area contributed by atoms with Crippen molar-refractivity contribution in [3.63, 3.8) is 0 Å². The van der Waals surface area contributed by atoms with Gasteiger partial charge in [0.2, 0.25) is 0 Å². The Kier molecular flexibility index (Phi) is 5.49. The van der Waals surface area contributed by atoms with Gasteiger partial charge in [-0.2, -0.15) is 0 Å². The largest absolute Gasteiger partial charge is 0.379 e. The first-order valence-electron chi connectivity index (χ1n) is 6.02. The summed E-state index contributed by atoms with van der Waals surface area (Å²) in [4.78, 5) is 2.58. The quantitative estimate of drug-likeness (QED) is 0.631. The van der Waals surface area contributed by atoms with Crippen molar-refractivity contribution in [1.29, 1.82) is 0 Å². The first kappa shape index (κ1) is 12.0. The molecule has 1 aliphatic heterocycles. The van der Waals surface area contributed by atoms with E-state index in [1.165, 1.54) is 38.9 Å². The summed E-state index contributed by atoms with van der Waals surface area (Å²) < 4.78 is 5.53. The number of nitrogens with zero attached hydrogens (tertiary/aromatic N) is 1. The molecule has 2 heteroatoms. The first-order valence-corrected chi connectivity index (χ1v) is 6.02. The number of likely N-dealkylation sites (tertiary alicyclic amines) is 1. The predicted octanol–water partition coefficient (Wildman–Crippen LogP) is 2.53. The van der Waals surface area contributed by atoms with Crippen molar-refractivity contribution in [1.82, 2.24) is 4.90 Å². The molecule has 0 aromatic heterocycles. The van der Waals surface area contributed by atoms with Crippen LogP contribution >= 0.6 is 0 Å². The molecule has 0 radical (unpaired) electrons. The van der Waals surface area contributed by atoms with Crippen molar-refractivity contribution in [3.8, 4) is 0 Å². The number of hydrogen-bond acceptors (Lipinski definition) is 2. The van der Waals surface area contributed by atoms with Crippen LogP contribution in [0.5, 0.6) is 0 Å². The Morgan fingerprint density at radius 2 is 2.21 bits per heavy atom. The zero-order valence-electron chi connectivity index (χ0n) is 9.96. The molecular formula is C12H25NO. The van der Waals surface area contributed by atoms with Gasteiger partial charge in [-0.25, -0.2) is 0 Å². The van der Waals surface area contributed by atoms with Gasteiger partial charge in [0.1, 0.15) is 0 Å². The number of ether oxygens (including phenoxy) is 1. The maximum Gasteiger partial charge on any atom is 0.0518 e. The zero-order chi connectivity index (χ0) is 10.4. The topological polar surface area (TPSA) is 12.5 Å². The second-order valence-electron chi connectivity index (χ2n) is 4.82. The molecule has 1 unspecified atom stereocenters. The minimum absolute atomic E-state index is 0.385. The molecule has 14 heavy (non-hydrogen) atoms. The third kappa shape index (κ3) is 4.97. The van der Waals surface area contributed by atoms with E-state index in [1.54, 1.807) is 0 Å². The van der Waals surface area contributed by atoms with Gasteiger partial charge in [0, 0.05) is 19.7 Å². The summed E-state index contributed by atoms with van der Waals surface area (Å²) in [5, 5.41) is 0. The van der Waals surface area contributed by atoms with Crippen molar-refractivity contribution < 1.29 is 4.74 Å². The summed E-state index contributed by atoms with van der Waals surface area (Å²) in [6.45, 7) is 11.3. The van der Waals surface area contributed by atoms with Crippen LogP contribution in [0.15, 0.2) is 0 Å². The third-order valence-electron chi connectivity index (χ3n) is 2.81. The Bertz CT molecular complexity index is 147. The van der Waals surface area contributed by atoms with Gasteiger partial charge in [-0.15, -0.1) is 0 Å². The van der Waals surface area contributed by atoms with Crippen LogP contribution in [0.1, 0.15) is 40.0 Å². The molecule has 0 N–H and O–H groups in total. The van der Waals surface area contributed by atoms with E-state index < -0.39 is 0 Å². The average molecular weight is 199 g/mol. The van der Waals surface area contributed by atoms with E-state index in [1.807, 2.05) is 0 Å². The van der Waals surface area contributed by atoms with E-state index in [0.717, 1.165) is 12.5 Å². The van der Waals surface area contributed by atoms with E-state index in [2.05, 4.69) is 25.7 Å². The van der Waals surface area contributed by atoms with Crippen molar-refractivity contribution >= 4 is 0 Å². The molecule has 0 bridgehead atoms. The molecule has 1 aliphatic rings. The minimum Gasteiger partial charge on any atom is -0.379 e. The highest BCUT2D eigenvalue weighted by Gasteiger charge is 2.15. The molecule has 1 rings (SSSR count). The van der Waals surface area contributed by atoms with Crippen molar-refractivity contribution in [2.45, 2.75) is 46.1 Å². The third-order valence-corrected chi connectivity index (χ3v) is 2.81. The molecule has 0 saturated carbocycles. The molecule has 1 heterocycles. The average Bonchev–Trinajstić information content (AvgIpc) is 2.12. The fourth-order valence-electron chi connectivity index (χ4n) is 2.10. The highest BCUT2D eigenvalue weighted by Crippen LogP contribution is 2.15. The fraction of sp³-hybridized carbons (Fsp3) is 1.00. The maximum absolute atomic E-state index is 5.53. The lowest BCUT2D eigenvalue weighted by Crippen LogP contribution is -2.35. The monoisotopic (exact) mass is 199 g/mol. The number of rotatable bonds is 5. The lowest BCUT2D eigenvalue weighted by Gasteiger charge is -2.30. The van der Waals surface area contributed by atoms with Crippen molar-refractivity contribution in [2.75, 3.05) is 26.2 Å². The Morgan fingerprint density at radius 1 is 1.43 bits per heavy atom. The summed E-state index contributed by atoms with van der Waals surface area (Å²) >= 11 is 0.